The minimum atomic E-state index is -1.32. The SMILES string of the molecule is CN(C)C(=O)N1CC2CCN(C(=O)CC(Cc3cc(F)c(F)cc3F)NC(=O)OC(C)(C)C)C2C1. The highest BCUT2D eigenvalue weighted by atomic mass is 19.2. The normalized spacial score (nSPS) is 20.5. The fourth-order valence-electron chi connectivity index (χ4n) is 4.67. The van der Waals surface area contributed by atoms with Crippen LogP contribution in [0.25, 0.3) is 0 Å². The Hall–Kier alpha value is -2.98. The maximum atomic E-state index is 14.3. The van der Waals surface area contributed by atoms with Gasteiger partial charge in [-0.2, -0.15) is 0 Å². The molecule has 2 aliphatic rings. The van der Waals surface area contributed by atoms with E-state index >= 15 is 0 Å². The van der Waals surface area contributed by atoms with Crippen LogP contribution in [0.15, 0.2) is 12.1 Å². The molecule has 2 fully saturated rings. The van der Waals surface area contributed by atoms with Gasteiger partial charge in [-0.1, -0.05) is 0 Å². The molecule has 35 heavy (non-hydrogen) atoms. The number of nitrogens with zero attached hydrogens (tertiary/aromatic N) is 3. The Morgan fingerprint density at radius 3 is 2.40 bits per heavy atom. The lowest BCUT2D eigenvalue weighted by Crippen LogP contribution is -2.46. The van der Waals surface area contributed by atoms with E-state index in [1.807, 2.05) is 0 Å². The first-order valence-corrected chi connectivity index (χ1v) is 11.6. The lowest BCUT2D eigenvalue weighted by Gasteiger charge is -2.28. The van der Waals surface area contributed by atoms with Gasteiger partial charge in [0, 0.05) is 58.2 Å². The third kappa shape index (κ3) is 6.58. The quantitative estimate of drug-likeness (QED) is 0.633. The zero-order chi connectivity index (χ0) is 26.1. The van der Waals surface area contributed by atoms with Gasteiger partial charge in [-0.05, 0) is 45.2 Å². The summed E-state index contributed by atoms with van der Waals surface area (Å²) >= 11 is 0. The average Bonchev–Trinajstić information content (AvgIpc) is 3.30. The molecule has 2 saturated heterocycles. The molecule has 0 bridgehead atoms. The second-order valence-corrected chi connectivity index (χ2v) is 10.4. The summed E-state index contributed by atoms with van der Waals surface area (Å²) in [6, 6.07) is -0.0148. The summed E-state index contributed by atoms with van der Waals surface area (Å²) in [6.07, 6.45) is -0.486. The van der Waals surface area contributed by atoms with Gasteiger partial charge in [-0.3, -0.25) is 4.79 Å². The zero-order valence-corrected chi connectivity index (χ0v) is 20.7. The number of likely N-dealkylation sites (tertiary alicyclic amines) is 2. The van der Waals surface area contributed by atoms with Gasteiger partial charge in [0.1, 0.15) is 11.4 Å². The molecule has 4 amide bonds. The largest absolute Gasteiger partial charge is 0.444 e. The highest BCUT2D eigenvalue weighted by molar-refractivity contribution is 5.79. The summed E-state index contributed by atoms with van der Waals surface area (Å²) in [5, 5.41) is 2.58. The molecule has 0 spiro atoms. The molecule has 3 rings (SSSR count). The third-order valence-electron chi connectivity index (χ3n) is 6.22. The van der Waals surface area contributed by atoms with Gasteiger partial charge < -0.3 is 24.8 Å². The molecule has 2 heterocycles. The van der Waals surface area contributed by atoms with Gasteiger partial charge in [0.25, 0.3) is 0 Å². The number of ether oxygens (including phenoxy) is 1. The van der Waals surface area contributed by atoms with E-state index in [0.29, 0.717) is 25.7 Å². The van der Waals surface area contributed by atoms with Gasteiger partial charge in [-0.15, -0.1) is 0 Å². The predicted octanol–water partition coefficient (Wildman–Crippen LogP) is 3.14. The van der Waals surface area contributed by atoms with E-state index in [1.165, 1.54) is 4.90 Å². The van der Waals surface area contributed by atoms with Crippen LogP contribution < -0.4 is 5.32 Å². The molecule has 1 aromatic carbocycles. The third-order valence-corrected chi connectivity index (χ3v) is 6.22. The summed E-state index contributed by atoms with van der Waals surface area (Å²) < 4.78 is 46.7. The molecule has 11 heteroatoms. The van der Waals surface area contributed by atoms with E-state index in [-0.39, 0.29) is 42.3 Å². The van der Waals surface area contributed by atoms with Crippen LogP contribution in [-0.4, -0.2) is 84.1 Å². The van der Waals surface area contributed by atoms with E-state index in [4.69, 9.17) is 4.74 Å². The van der Waals surface area contributed by atoms with Crippen LogP contribution in [0.3, 0.4) is 0 Å². The van der Waals surface area contributed by atoms with Crippen LogP contribution in [0.2, 0.25) is 0 Å². The number of hydrogen-bond acceptors (Lipinski definition) is 4. The van der Waals surface area contributed by atoms with E-state index in [2.05, 4.69) is 5.32 Å². The van der Waals surface area contributed by atoms with Crippen LogP contribution in [-0.2, 0) is 16.0 Å². The fraction of sp³-hybridized carbons (Fsp3) is 0.625. The molecular formula is C24H33F3N4O4. The molecular weight excluding hydrogens is 465 g/mol. The van der Waals surface area contributed by atoms with Crippen molar-refractivity contribution in [3.8, 4) is 0 Å². The average molecular weight is 499 g/mol. The number of alkyl carbamates (subject to hydrolysis) is 1. The Morgan fingerprint density at radius 1 is 1.11 bits per heavy atom. The smallest absolute Gasteiger partial charge is 0.407 e. The number of carbonyl (C=O) groups is 3. The number of fused-ring (bicyclic) bond motifs is 1. The van der Waals surface area contributed by atoms with Crippen LogP contribution in [0.5, 0.6) is 0 Å². The van der Waals surface area contributed by atoms with Crippen LogP contribution in [0, 0.1) is 23.4 Å². The zero-order valence-electron chi connectivity index (χ0n) is 20.7. The van der Waals surface area contributed by atoms with Crippen LogP contribution in [0.1, 0.15) is 39.2 Å². The standard InChI is InChI=1S/C24H33F3N4O4/c1-24(2,3)35-22(33)28-16(8-15-9-18(26)19(27)11-17(15)25)10-21(32)31-7-6-14-12-30(13-20(14)31)23(34)29(4)5/h9,11,14,16,20H,6-8,10,12-13H2,1-5H3,(H,28,33). The molecule has 3 unspecified atom stereocenters. The Morgan fingerprint density at radius 2 is 1.77 bits per heavy atom. The Kier molecular flexibility index (Phi) is 7.86. The molecule has 1 aromatic rings. The number of benzene rings is 1. The first-order chi connectivity index (χ1) is 16.2. The van der Waals surface area contributed by atoms with Gasteiger partial charge in [0.15, 0.2) is 11.6 Å². The monoisotopic (exact) mass is 498 g/mol. The van der Waals surface area contributed by atoms with Crippen molar-refractivity contribution in [2.75, 3.05) is 33.7 Å². The number of urea groups is 1. The summed E-state index contributed by atoms with van der Waals surface area (Å²) in [4.78, 5) is 42.9. The molecule has 8 nitrogen and oxygen atoms in total. The van der Waals surface area contributed by atoms with Crippen LogP contribution in [0.4, 0.5) is 22.8 Å². The Bertz CT molecular complexity index is 982. The number of amides is 4. The summed E-state index contributed by atoms with van der Waals surface area (Å²) in [6.45, 7) is 6.50. The summed E-state index contributed by atoms with van der Waals surface area (Å²) in [5.74, 6) is -3.63. The van der Waals surface area contributed by atoms with E-state index < -0.39 is 35.2 Å². The predicted molar refractivity (Wildman–Crippen MR) is 122 cm³/mol. The van der Waals surface area contributed by atoms with E-state index in [0.717, 1.165) is 12.5 Å². The molecule has 0 aliphatic carbocycles. The molecule has 0 radical (unpaired) electrons. The molecule has 0 saturated carbocycles. The van der Waals surface area contributed by atoms with E-state index in [1.54, 1.807) is 44.7 Å². The lowest BCUT2D eigenvalue weighted by atomic mass is 10.0. The van der Waals surface area contributed by atoms with Gasteiger partial charge >= 0.3 is 12.1 Å². The molecule has 0 aromatic heterocycles. The number of nitrogens with one attached hydrogen (secondary N) is 1. The first-order valence-electron chi connectivity index (χ1n) is 11.6. The van der Waals surface area contributed by atoms with Gasteiger partial charge in [0.2, 0.25) is 5.91 Å². The fourth-order valence-corrected chi connectivity index (χ4v) is 4.67. The number of halogens is 3. The Labute approximate surface area is 203 Å². The number of rotatable bonds is 5. The number of carbonyl (C=O) groups excluding carboxylic acids is 3. The molecule has 3 atom stereocenters. The van der Waals surface area contributed by atoms with Crippen molar-refractivity contribution in [1.29, 1.82) is 0 Å². The summed E-state index contributed by atoms with van der Waals surface area (Å²) in [5.41, 5.74) is -0.971. The van der Waals surface area contributed by atoms with Gasteiger partial charge in [0.05, 0.1) is 6.04 Å². The topological polar surface area (TPSA) is 82.2 Å². The highest BCUT2D eigenvalue weighted by Crippen LogP contribution is 2.32. The number of hydrogen-bond donors (Lipinski definition) is 1. The Balaban J connectivity index is 1.74. The lowest BCUT2D eigenvalue weighted by molar-refractivity contribution is -0.132. The minimum Gasteiger partial charge on any atom is -0.444 e. The van der Waals surface area contributed by atoms with Crippen molar-refractivity contribution in [2.24, 2.45) is 5.92 Å². The van der Waals surface area contributed by atoms with Crippen molar-refractivity contribution in [2.45, 2.75) is 57.7 Å². The maximum Gasteiger partial charge on any atom is 0.407 e. The van der Waals surface area contributed by atoms with Crippen molar-refractivity contribution in [3.05, 3.63) is 35.1 Å². The van der Waals surface area contributed by atoms with Crippen molar-refractivity contribution in [3.63, 3.8) is 0 Å². The summed E-state index contributed by atoms with van der Waals surface area (Å²) in [7, 11) is 3.34. The molecule has 194 valence electrons. The van der Waals surface area contributed by atoms with E-state index in [9.17, 15) is 27.6 Å². The van der Waals surface area contributed by atoms with Crippen molar-refractivity contribution in [1.82, 2.24) is 20.0 Å². The van der Waals surface area contributed by atoms with Gasteiger partial charge in [-0.25, -0.2) is 22.8 Å². The van der Waals surface area contributed by atoms with Crippen LogP contribution >= 0.6 is 0 Å². The maximum absolute atomic E-state index is 14.3. The molecule has 1 N–H and O–H groups in total. The minimum absolute atomic E-state index is 0.120. The second-order valence-electron chi connectivity index (χ2n) is 10.4. The molecule has 2 aliphatic heterocycles. The van der Waals surface area contributed by atoms with Crippen molar-refractivity contribution < 1.29 is 32.3 Å². The van der Waals surface area contributed by atoms with Crippen molar-refractivity contribution >= 4 is 18.0 Å². The first kappa shape index (κ1) is 26.6. The highest BCUT2D eigenvalue weighted by Gasteiger charge is 2.45. The second kappa shape index (κ2) is 10.3.